The number of aryl methyl sites for hydroxylation is 2. The fourth-order valence-corrected chi connectivity index (χ4v) is 1.21. The lowest BCUT2D eigenvalue weighted by molar-refractivity contribution is -0.126. The lowest BCUT2D eigenvalue weighted by Gasteiger charge is -2.10. The van der Waals surface area contributed by atoms with Gasteiger partial charge in [-0.3, -0.25) is 4.79 Å². The standard InChI is InChI=1S/C10H13NO2/c1-6-3-4-7(2)8(5-6)9(12)10(11)13/h3-5,9,12H,1-2H3,(H2,11,13). The van der Waals surface area contributed by atoms with Crippen molar-refractivity contribution < 1.29 is 9.90 Å². The lowest BCUT2D eigenvalue weighted by atomic mass is 10.0. The van der Waals surface area contributed by atoms with E-state index < -0.39 is 12.0 Å². The Morgan fingerprint density at radius 1 is 1.46 bits per heavy atom. The van der Waals surface area contributed by atoms with Crippen LogP contribution < -0.4 is 5.73 Å². The Bertz CT molecular complexity index is 334. The van der Waals surface area contributed by atoms with Gasteiger partial charge in [-0.15, -0.1) is 0 Å². The molecule has 0 saturated heterocycles. The number of amides is 1. The number of nitrogens with two attached hydrogens (primary N) is 1. The molecular formula is C10H13NO2. The Hall–Kier alpha value is -1.35. The van der Waals surface area contributed by atoms with E-state index in [2.05, 4.69) is 0 Å². The third kappa shape index (κ3) is 2.06. The molecule has 0 fully saturated rings. The number of benzene rings is 1. The van der Waals surface area contributed by atoms with E-state index in [1.807, 2.05) is 26.0 Å². The summed E-state index contributed by atoms with van der Waals surface area (Å²) in [7, 11) is 0. The fraction of sp³-hybridized carbons (Fsp3) is 0.300. The molecule has 1 aromatic rings. The molecule has 3 N–H and O–H groups in total. The van der Waals surface area contributed by atoms with Crippen LogP contribution in [0.3, 0.4) is 0 Å². The van der Waals surface area contributed by atoms with E-state index in [4.69, 9.17) is 5.73 Å². The highest BCUT2D eigenvalue weighted by Gasteiger charge is 2.15. The summed E-state index contributed by atoms with van der Waals surface area (Å²) in [5, 5.41) is 9.43. The van der Waals surface area contributed by atoms with Crippen LogP contribution >= 0.6 is 0 Å². The number of carbonyl (C=O) groups excluding carboxylic acids is 1. The molecule has 0 aliphatic carbocycles. The van der Waals surface area contributed by atoms with Gasteiger partial charge < -0.3 is 10.8 Å². The Balaban J connectivity index is 3.12. The van der Waals surface area contributed by atoms with Crippen molar-refractivity contribution in [3.05, 3.63) is 34.9 Å². The molecule has 0 heterocycles. The molecule has 0 spiro atoms. The first-order valence-corrected chi connectivity index (χ1v) is 4.07. The predicted octanol–water partition coefficient (Wildman–Crippen LogP) is 0.822. The van der Waals surface area contributed by atoms with Gasteiger partial charge in [0.2, 0.25) is 0 Å². The summed E-state index contributed by atoms with van der Waals surface area (Å²) >= 11 is 0. The van der Waals surface area contributed by atoms with Gasteiger partial charge in [-0.05, 0) is 25.0 Å². The van der Waals surface area contributed by atoms with E-state index in [-0.39, 0.29) is 0 Å². The van der Waals surface area contributed by atoms with E-state index in [0.717, 1.165) is 11.1 Å². The molecule has 70 valence electrons. The maximum Gasteiger partial charge on any atom is 0.250 e. The van der Waals surface area contributed by atoms with E-state index in [1.54, 1.807) is 6.07 Å². The summed E-state index contributed by atoms with van der Waals surface area (Å²) in [5.74, 6) is -0.714. The van der Waals surface area contributed by atoms with Gasteiger partial charge in [-0.1, -0.05) is 23.8 Å². The molecule has 0 aliphatic rings. The van der Waals surface area contributed by atoms with Gasteiger partial charge in [0.25, 0.3) is 5.91 Å². The first-order chi connectivity index (χ1) is 6.02. The minimum absolute atomic E-state index is 0.590. The van der Waals surface area contributed by atoms with Crippen LogP contribution in [-0.2, 0) is 4.79 Å². The molecule has 1 unspecified atom stereocenters. The van der Waals surface area contributed by atoms with Crippen LogP contribution in [0.15, 0.2) is 18.2 Å². The molecule has 13 heavy (non-hydrogen) atoms. The Morgan fingerprint density at radius 2 is 2.08 bits per heavy atom. The van der Waals surface area contributed by atoms with Gasteiger partial charge in [-0.25, -0.2) is 0 Å². The third-order valence-corrected chi connectivity index (χ3v) is 2.00. The Labute approximate surface area is 77.2 Å². The minimum atomic E-state index is -1.19. The number of hydrogen-bond donors (Lipinski definition) is 2. The van der Waals surface area contributed by atoms with Gasteiger partial charge in [-0.2, -0.15) is 0 Å². The molecule has 1 rings (SSSR count). The van der Waals surface area contributed by atoms with Crippen LogP contribution in [0.5, 0.6) is 0 Å². The molecule has 0 bridgehead atoms. The highest BCUT2D eigenvalue weighted by atomic mass is 16.3. The van der Waals surface area contributed by atoms with Crippen molar-refractivity contribution in [3.8, 4) is 0 Å². The highest BCUT2D eigenvalue weighted by Crippen LogP contribution is 2.18. The second-order valence-corrected chi connectivity index (χ2v) is 3.16. The average molecular weight is 179 g/mol. The maximum atomic E-state index is 10.7. The first kappa shape index (κ1) is 9.74. The number of rotatable bonds is 2. The Morgan fingerprint density at radius 3 is 2.62 bits per heavy atom. The first-order valence-electron chi connectivity index (χ1n) is 4.07. The molecule has 3 heteroatoms. The summed E-state index contributed by atoms with van der Waals surface area (Å²) in [6.45, 7) is 3.73. The third-order valence-electron chi connectivity index (χ3n) is 2.00. The summed E-state index contributed by atoms with van der Waals surface area (Å²) in [6, 6.07) is 5.55. The minimum Gasteiger partial charge on any atom is -0.378 e. The van der Waals surface area contributed by atoms with Crippen LogP contribution in [0.25, 0.3) is 0 Å². The van der Waals surface area contributed by atoms with Crippen molar-refractivity contribution in [2.24, 2.45) is 5.73 Å². The van der Waals surface area contributed by atoms with Crippen LogP contribution in [0, 0.1) is 13.8 Å². The number of carbonyl (C=O) groups is 1. The van der Waals surface area contributed by atoms with Crippen molar-refractivity contribution in [1.82, 2.24) is 0 Å². The zero-order valence-corrected chi connectivity index (χ0v) is 7.74. The van der Waals surface area contributed by atoms with E-state index >= 15 is 0 Å². The maximum absolute atomic E-state index is 10.7. The van der Waals surface area contributed by atoms with Gasteiger partial charge in [0.05, 0.1) is 0 Å². The average Bonchev–Trinajstić information content (AvgIpc) is 2.08. The van der Waals surface area contributed by atoms with E-state index in [1.165, 1.54) is 0 Å². The van der Waals surface area contributed by atoms with Crippen molar-refractivity contribution >= 4 is 5.91 Å². The van der Waals surface area contributed by atoms with Crippen molar-refractivity contribution in [2.75, 3.05) is 0 Å². The zero-order valence-electron chi connectivity index (χ0n) is 7.74. The highest BCUT2D eigenvalue weighted by molar-refractivity contribution is 5.80. The normalized spacial score (nSPS) is 12.5. The molecule has 0 radical (unpaired) electrons. The smallest absolute Gasteiger partial charge is 0.250 e. The SMILES string of the molecule is Cc1ccc(C)c(C(O)C(N)=O)c1. The van der Waals surface area contributed by atoms with E-state index in [9.17, 15) is 9.90 Å². The van der Waals surface area contributed by atoms with Crippen molar-refractivity contribution in [2.45, 2.75) is 20.0 Å². The van der Waals surface area contributed by atoms with Crippen LogP contribution in [-0.4, -0.2) is 11.0 Å². The van der Waals surface area contributed by atoms with Crippen molar-refractivity contribution in [1.29, 1.82) is 0 Å². The zero-order chi connectivity index (χ0) is 10.0. The summed E-state index contributed by atoms with van der Waals surface area (Å²) in [6.07, 6.45) is -1.19. The fourth-order valence-electron chi connectivity index (χ4n) is 1.21. The largest absolute Gasteiger partial charge is 0.378 e. The van der Waals surface area contributed by atoms with Crippen LogP contribution in [0.4, 0.5) is 0 Å². The lowest BCUT2D eigenvalue weighted by Crippen LogP contribution is -2.21. The quantitative estimate of drug-likeness (QED) is 0.706. The number of aliphatic hydroxyl groups excluding tert-OH is 1. The van der Waals surface area contributed by atoms with Gasteiger partial charge in [0.15, 0.2) is 6.10 Å². The summed E-state index contributed by atoms with van der Waals surface area (Å²) in [4.78, 5) is 10.7. The molecule has 0 aromatic heterocycles. The van der Waals surface area contributed by atoms with Gasteiger partial charge in [0, 0.05) is 0 Å². The topological polar surface area (TPSA) is 63.3 Å². The molecule has 0 saturated carbocycles. The predicted molar refractivity (Wildman–Crippen MR) is 50.1 cm³/mol. The number of primary amides is 1. The molecule has 1 aromatic carbocycles. The van der Waals surface area contributed by atoms with Gasteiger partial charge in [0.1, 0.15) is 0 Å². The molecular weight excluding hydrogens is 166 g/mol. The Kier molecular flexibility index (Phi) is 2.68. The second kappa shape index (κ2) is 3.58. The molecule has 3 nitrogen and oxygen atoms in total. The number of aliphatic hydroxyl groups is 1. The molecule has 1 atom stereocenters. The molecule has 1 amide bonds. The number of hydrogen-bond acceptors (Lipinski definition) is 2. The monoisotopic (exact) mass is 179 g/mol. The summed E-state index contributed by atoms with van der Waals surface area (Å²) in [5.41, 5.74) is 7.46. The van der Waals surface area contributed by atoms with Crippen LogP contribution in [0.2, 0.25) is 0 Å². The van der Waals surface area contributed by atoms with Crippen LogP contribution in [0.1, 0.15) is 22.8 Å². The molecule has 0 aliphatic heterocycles. The summed E-state index contributed by atoms with van der Waals surface area (Å²) < 4.78 is 0. The van der Waals surface area contributed by atoms with Crippen molar-refractivity contribution in [3.63, 3.8) is 0 Å². The van der Waals surface area contributed by atoms with Gasteiger partial charge >= 0.3 is 0 Å². The second-order valence-electron chi connectivity index (χ2n) is 3.16. The van der Waals surface area contributed by atoms with E-state index in [0.29, 0.717) is 5.56 Å².